The summed E-state index contributed by atoms with van der Waals surface area (Å²) in [5, 5.41) is 7.80. The quantitative estimate of drug-likeness (QED) is 0.868. The minimum Gasteiger partial charge on any atom is -0.329 e. The van der Waals surface area contributed by atoms with E-state index in [0.29, 0.717) is 6.54 Å². The van der Waals surface area contributed by atoms with Crippen molar-refractivity contribution in [1.82, 2.24) is 20.1 Å². The summed E-state index contributed by atoms with van der Waals surface area (Å²) in [6.07, 6.45) is 1.71. The molecule has 5 nitrogen and oxygen atoms in total. The predicted octanol–water partition coefficient (Wildman–Crippen LogP) is 2.58. The van der Waals surface area contributed by atoms with Crippen LogP contribution in [0.1, 0.15) is 30.0 Å². The van der Waals surface area contributed by atoms with Crippen molar-refractivity contribution in [3.8, 4) is 0 Å². The first-order chi connectivity index (χ1) is 9.58. The molecule has 0 atom stereocenters. The van der Waals surface area contributed by atoms with Crippen LogP contribution in [0.15, 0.2) is 36.5 Å². The number of rotatable bonds is 4. The van der Waals surface area contributed by atoms with Crippen LogP contribution in [0.2, 0.25) is 5.15 Å². The number of hydrogen-bond acceptors (Lipinski definition) is 4. The molecule has 0 aliphatic rings. The molecule has 0 spiro atoms. The average Bonchev–Trinajstić information content (AvgIpc) is 2.45. The minimum absolute atomic E-state index is 0.0296. The largest absolute Gasteiger partial charge is 0.329 e. The molecule has 2 aromatic rings. The van der Waals surface area contributed by atoms with Gasteiger partial charge in [0.2, 0.25) is 0 Å². The van der Waals surface area contributed by atoms with Gasteiger partial charge in [0, 0.05) is 12.2 Å². The summed E-state index contributed by atoms with van der Waals surface area (Å²) in [5.74, 6) is -0.185. The van der Waals surface area contributed by atoms with Crippen molar-refractivity contribution >= 4 is 17.5 Å². The lowest BCUT2D eigenvalue weighted by atomic mass is 10.2. The molecule has 104 valence electrons. The van der Waals surface area contributed by atoms with Crippen molar-refractivity contribution in [1.29, 1.82) is 0 Å². The highest BCUT2D eigenvalue weighted by molar-refractivity contribution is 6.29. The number of carbonyl (C=O) groups excluding carboxylic acids is 1. The van der Waals surface area contributed by atoms with Crippen LogP contribution in [0.5, 0.6) is 0 Å². The van der Waals surface area contributed by atoms with Gasteiger partial charge < -0.3 is 4.90 Å². The first kappa shape index (κ1) is 14.4. The van der Waals surface area contributed by atoms with Crippen molar-refractivity contribution in [2.24, 2.45) is 0 Å². The van der Waals surface area contributed by atoms with Gasteiger partial charge in [0.25, 0.3) is 5.91 Å². The molecular weight excluding hydrogens is 276 g/mol. The maximum Gasteiger partial charge on any atom is 0.274 e. The van der Waals surface area contributed by atoms with E-state index in [9.17, 15) is 4.79 Å². The highest BCUT2D eigenvalue weighted by Crippen LogP contribution is 2.11. The molecule has 0 saturated carbocycles. The maximum absolute atomic E-state index is 12.5. The van der Waals surface area contributed by atoms with E-state index in [2.05, 4.69) is 15.2 Å². The van der Waals surface area contributed by atoms with Crippen molar-refractivity contribution < 1.29 is 4.79 Å². The Morgan fingerprint density at radius 1 is 1.25 bits per heavy atom. The van der Waals surface area contributed by atoms with Gasteiger partial charge in [-0.3, -0.25) is 9.78 Å². The fraction of sp³-hybridized carbons (Fsp3) is 0.286. The Hall–Kier alpha value is -2.01. The van der Waals surface area contributed by atoms with Crippen LogP contribution >= 0.6 is 11.6 Å². The summed E-state index contributed by atoms with van der Waals surface area (Å²) in [6.45, 7) is 4.33. The molecule has 2 aromatic heterocycles. The molecule has 0 aliphatic carbocycles. The third kappa shape index (κ3) is 3.51. The number of hydrogen-bond donors (Lipinski definition) is 0. The molecule has 20 heavy (non-hydrogen) atoms. The van der Waals surface area contributed by atoms with E-state index in [0.717, 1.165) is 5.69 Å². The Balaban J connectivity index is 2.20. The van der Waals surface area contributed by atoms with E-state index >= 15 is 0 Å². The van der Waals surface area contributed by atoms with E-state index in [1.165, 1.54) is 0 Å². The molecule has 0 aromatic carbocycles. The lowest BCUT2D eigenvalue weighted by Gasteiger charge is -2.25. The van der Waals surface area contributed by atoms with E-state index < -0.39 is 0 Å². The van der Waals surface area contributed by atoms with Crippen molar-refractivity contribution in [2.75, 3.05) is 0 Å². The number of amides is 1. The molecule has 1 amide bonds. The number of pyridine rings is 1. The number of nitrogens with zero attached hydrogens (tertiary/aromatic N) is 4. The van der Waals surface area contributed by atoms with Crippen LogP contribution in [0.25, 0.3) is 0 Å². The summed E-state index contributed by atoms with van der Waals surface area (Å²) >= 11 is 5.68. The van der Waals surface area contributed by atoms with E-state index in [4.69, 9.17) is 11.6 Å². The highest BCUT2D eigenvalue weighted by atomic mass is 35.5. The number of halogens is 1. The predicted molar refractivity (Wildman–Crippen MR) is 76.3 cm³/mol. The monoisotopic (exact) mass is 290 g/mol. The van der Waals surface area contributed by atoms with Gasteiger partial charge in [0.15, 0.2) is 10.8 Å². The second-order valence-corrected chi connectivity index (χ2v) is 4.98. The zero-order valence-corrected chi connectivity index (χ0v) is 12.1. The molecule has 0 unspecified atom stereocenters. The van der Waals surface area contributed by atoms with Crippen molar-refractivity contribution in [3.05, 3.63) is 53.1 Å². The number of aromatic nitrogens is 3. The molecule has 2 rings (SSSR count). The van der Waals surface area contributed by atoms with Gasteiger partial charge in [-0.25, -0.2) is 0 Å². The zero-order chi connectivity index (χ0) is 14.5. The molecular formula is C14H15ClN4O. The van der Waals surface area contributed by atoms with Crippen molar-refractivity contribution in [3.63, 3.8) is 0 Å². The molecule has 0 aliphatic heterocycles. The van der Waals surface area contributed by atoms with Crippen LogP contribution in [0.4, 0.5) is 0 Å². The Kier molecular flexibility index (Phi) is 4.63. The topological polar surface area (TPSA) is 59.0 Å². The summed E-state index contributed by atoms with van der Waals surface area (Å²) in [4.78, 5) is 18.4. The standard InChI is InChI=1S/C14H15ClN4O/c1-10(2)19(9-11-5-3-4-8-16-11)14(20)12-6-7-13(15)18-17-12/h3-8,10H,9H2,1-2H3. The summed E-state index contributed by atoms with van der Waals surface area (Å²) < 4.78 is 0. The summed E-state index contributed by atoms with van der Waals surface area (Å²) in [6, 6.07) is 8.79. The second kappa shape index (κ2) is 6.43. The zero-order valence-electron chi connectivity index (χ0n) is 11.3. The average molecular weight is 291 g/mol. The van der Waals surface area contributed by atoms with Gasteiger partial charge in [0.05, 0.1) is 12.2 Å². The van der Waals surface area contributed by atoms with Gasteiger partial charge in [-0.1, -0.05) is 17.7 Å². The van der Waals surface area contributed by atoms with Gasteiger partial charge in [0.1, 0.15) is 0 Å². The van der Waals surface area contributed by atoms with Crippen LogP contribution in [0.3, 0.4) is 0 Å². The lowest BCUT2D eigenvalue weighted by Crippen LogP contribution is -2.37. The van der Waals surface area contributed by atoms with Gasteiger partial charge in [-0.2, -0.15) is 0 Å². The molecule has 0 saturated heterocycles. The molecule has 0 fully saturated rings. The Morgan fingerprint density at radius 2 is 2.05 bits per heavy atom. The van der Waals surface area contributed by atoms with Gasteiger partial charge in [-0.15, -0.1) is 10.2 Å². The van der Waals surface area contributed by atoms with E-state index in [-0.39, 0.29) is 22.8 Å². The fourth-order valence-electron chi connectivity index (χ4n) is 1.73. The third-order valence-electron chi connectivity index (χ3n) is 2.79. The fourth-order valence-corrected chi connectivity index (χ4v) is 1.83. The van der Waals surface area contributed by atoms with Crippen LogP contribution in [-0.2, 0) is 6.54 Å². The SMILES string of the molecule is CC(C)N(Cc1ccccn1)C(=O)c1ccc(Cl)nn1. The Morgan fingerprint density at radius 3 is 2.60 bits per heavy atom. The molecule has 0 N–H and O–H groups in total. The normalized spacial score (nSPS) is 10.6. The van der Waals surface area contributed by atoms with E-state index in [1.807, 2.05) is 32.0 Å². The lowest BCUT2D eigenvalue weighted by molar-refractivity contribution is 0.0680. The smallest absolute Gasteiger partial charge is 0.274 e. The molecule has 0 bridgehead atoms. The van der Waals surface area contributed by atoms with Crippen LogP contribution < -0.4 is 0 Å². The third-order valence-corrected chi connectivity index (χ3v) is 3.00. The van der Waals surface area contributed by atoms with Crippen molar-refractivity contribution in [2.45, 2.75) is 26.4 Å². The molecule has 6 heteroatoms. The maximum atomic E-state index is 12.5. The first-order valence-electron chi connectivity index (χ1n) is 6.28. The molecule has 0 radical (unpaired) electrons. The second-order valence-electron chi connectivity index (χ2n) is 4.59. The Bertz CT molecular complexity index is 571. The summed E-state index contributed by atoms with van der Waals surface area (Å²) in [5.41, 5.74) is 1.11. The van der Waals surface area contributed by atoms with Gasteiger partial charge >= 0.3 is 0 Å². The van der Waals surface area contributed by atoms with Crippen LogP contribution in [0, 0.1) is 0 Å². The van der Waals surface area contributed by atoms with Crippen LogP contribution in [-0.4, -0.2) is 32.0 Å². The minimum atomic E-state index is -0.185. The summed E-state index contributed by atoms with van der Waals surface area (Å²) in [7, 11) is 0. The Labute approximate surface area is 122 Å². The highest BCUT2D eigenvalue weighted by Gasteiger charge is 2.21. The number of carbonyl (C=O) groups is 1. The molecule has 2 heterocycles. The first-order valence-corrected chi connectivity index (χ1v) is 6.66. The van der Waals surface area contributed by atoms with Gasteiger partial charge in [-0.05, 0) is 38.1 Å². The van der Waals surface area contributed by atoms with E-state index in [1.54, 1.807) is 23.2 Å².